The standard InChI is InChI=1S/C36H27BrN2O/c1-3-10-24-22(2)38(33-21-23(37)17-18-25(24)33)30-14-7-8-15-31(30)39-29-13-6-4-12-28(29)35-32(39)20-19-27-26-11-5-9-16-34(26)40-36(27)35/h3-18,21H,19-20H2,1-2H3/b10-3-. The first-order chi connectivity index (χ1) is 19.7. The summed E-state index contributed by atoms with van der Waals surface area (Å²) in [7, 11) is 0. The van der Waals surface area contributed by atoms with E-state index in [1.54, 1.807) is 0 Å². The molecule has 0 spiro atoms. The Morgan fingerprint density at radius 1 is 0.750 bits per heavy atom. The van der Waals surface area contributed by atoms with Crippen LogP contribution < -0.4 is 0 Å². The van der Waals surface area contributed by atoms with Gasteiger partial charge in [-0.2, -0.15) is 0 Å². The lowest BCUT2D eigenvalue weighted by molar-refractivity contribution is 0.620. The smallest absolute Gasteiger partial charge is 0.141 e. The van der Waals surface area contributed by atoms with Gasteiger partial charge in [-0.15, -0.1) is 0 Å². The Balaban J connectivity index is 1.46. The van der Waals surface area contributed by atoms with Crippen LogP contribution in [0.15, 0.2) is 106 Å². The van der Waals surface area contributed by atoms with Crippen LogP contribution in [0.2, 0.25) is 0 Å². The molecule has 40 heavy (non-hydrogen) atoms. The third kappa shape index (κ3) is 3.23. The minimum atomic E-state index is 0.954. The molecule has 4 heteroatoms. The minimum Gasteiger partial charge on any atom is -0.456 e. The van der Waals surface area contributed by atoms with Crippen molar-refractivity contribution in [2.24, 2.45) is 0 Å². The predicted octanol–water partition coefficient (Wildman–Crippen LogP) is 10.2. The molecule has 0 atom stereocenters. The van der Waals surface area contributed by atoms with Gasteiger partial charge in [0.25, 0.3) is 0 Å². The van der Waals surface area contributed by atoms with E-state index in [-0.39, 0.29) is 0 Å². The average molecular weight is 584 g/mol. The van der Waals surface area contributed by atoms with E-state index in [2.05, 4.69) is 142 Å². The fourth-order valence-corrected chi connectivity index (χ4v) is 7.14. The number of hydrogen-bond acceptors (Lipinski definition) is 1. The number of fused-ring (bicyclic) bond motifs is 8. The lowest BCUT2D eigenvalue weighted by atomic mass is 9.92. The number of nitrogens with zero attached hydrogens (tertiary/aromatic N) is 2. The number of hydrogen-bond donors (Lipinski definition) is 0. The van der Waals surface area contributed by atoms with Gasteiger partial charge >= 0.3 is 0 Å². The third-order valence-electron chi connectivity index (χ3n) is 8.42. The summed E-state index contributed by atoms with van der Waals surface area (Å²) < 4.78 is 12.6. The van der Waals surface area contributed by atoms with Crippen molar-refractivity contribution < 1.29 is 4.42 Å². The van der Waals surface area contributed by atoms with Gasteiger partial charge in [-0.3, -0.25) is 0 Å². The molecule has 8 rings (SSSR count). The van der Waals surface area contributed by atoms with Gasteiger partial charge in [0.1, 0.15) is 11.3 Å². The SMILES string of the molecule is C/C=C\c1c(C)n(-c2ccccc2-n2c3c(c4ccccc42)-c2oc4ccccc4c2CC3)c2cc(Br)ccc12. The molecule has 0 radical (unpaired) electrons. The summed E-state index contributed by atoms with van der Waals surface area (Å²) in [5.41, 5.74) is 12.0. The second kappa shape index (κ2) is 8.87. The van der Waals surface area contributed by atoms with Gasteiger partial charge in [-0.05, 0) is 63.1 Å². The molecule has 4 aromatic carbocycles. The van der Waals surface area contributed by atoms with E-state index in [1.807, 2.05) is 0 Å². The van der Waals surface area contributed by atoms with E-state index in [1.165, 1.54) is 61.0 Å². The van der Waals surface area contributed by atoms with Gasteiger partial charge < -0.3 is 13.6 Å². The zero-order chi connectivity index (χ0) is 27.0. The van der Waals surface area contributed by atoms with Crippen molar-refractivity contribution in [2.75, 3.05) is 0 Å². The molecule has 194 valence electrons. The second-order valence-corrected chi connectivity index (χ2v) is 11.5. The maximum absolute atomic E-state index is 6.58. The highest BCUT2D eigenvalue weighted by molar-refractivity contribution is 9.10. The fraction of sp³-hybridized carbons (Fsp3) is 0.111. The monoisotopic (exact) mass is 582 g/mol. The highest BCUT2D eigenvalue weighted by atomic mass is 79.9. The molecule has 7 aromatic rings. The van der Waals surface area contributed by atoms with Crippen molar-refractivity contribution in [3.8, 4) is 22.7 Å². The van der Waals surface area contributed by atoms with E-state index in [0.717, 1.165) is 34.3 Å². The Bertz CT molecular complexity index is 2150. The average Bonchev–Trinajstić information content (AvgIpc) is 3.60. The lowest BCUT2D eigenvalue weighted by Crippen LogP contribution is -2.10. The van der Waals surface area contributed by atoms with Crippen LogP contribution in [0, 0.1) is 6.92 Å². The lowest BCUT2D eigenvalue weighted by Gasteiger charge is -2.20. The molecule has 1 aliphatic carbocycles. The molecule has 3 heterocycles. The van der Waals surface area contributed by atoms with Crippen LogP contribution in [0.1, 0.15) is 29.4 Å². The topological polar surface area (TPSA) is 23.0 Å². The number of aromatic nitrogens is 2. The van der Waals surface area contributed by atoms with Crippen LogP contribution in [0.5, 0.6) is 0 Å². The zero-order valence-electron chi connectivity index (χ0n) is 22.4. The van der Waals surface area contributed by atoms with Gasteiger partial charge in [0.2, 0.25) is 0 Å². The molecule has 0 amide bonds. The largest absolute Gasteiger partial charge is 0.456 e. The molecular formula is C36H27BrN2O. The number of aryl methyl sites for hydroxylation is 1. The van der Waals surface area contributed by atoms with Crippen LogP contribution in [-0.4, -0.2) is 9.13 Å². The molecular weight excluding hydrogens is 556 g/mol. The molecule has 1 aliphatic rings. The molecule has 0 unspecified atom stereocenters. The van der Waals surface area contributed by atoms with Crippen molar-refractivity contribution in [3.05, 3.63) is 124 Å². The van der Waals surface area contributed by atoms with Gasteiger partial charge in [0.05, 0.1) is 22.4 Å². The highest BCUT2D eigenvalue weighted by Crippen LogP contribution is 2.46. The van der Waals surface area contributed by atoms with Crippen LogP contribution in [-0.2, 0) is 12.8 Å². The summed E-state index contributed by atoms with van der Waals surface area (Å²) >= 11 is 3.73. The summed E-state index contributed by atoms with van der Waals surface area (Å²) in [6.07, 6.45) is 6.26. The highest BCUT2D eigenvalue weighted by Gasteiger charge is 2.30. The Morgan fingerprint density at radius 3 is 2.30 bits per heavy atom. The van der Waals surface area contributed by atoms with Crippen molar-refractivity contribution >= 4 is 54.8 Å². The number of allylic oxidation sites excluding steroid dienone is 1. The van der Waals surface area contributed by atoms with Crippen molar-refractivity contribution in [2.45, 2.75) is 26.7 Å². The van der Waals surface area contributed by atoms with Crippen molar-refractivity contribution in [1.29, 1.82) is 0 Å². The first-order valence-corrected chi connectivity index (χ1v) is 14.6. The summed E-state index contributed by atoms with van der Waals surface area (Å²) in [4.78, 5) is 0. The van der Waals surface area contributed by atoms with Crippen LogP contribution >= 0.6 is 15.9 Å². The maximum atomic E-state index is 6.58. The third-order valence-corrected chi connectivity index (χ3v) is 8.92. The minimum absolute atomic E-state index is 0.954. The number of rotatable bonds is 3. The Hall–Kier alpha value is -4.28. The summed E-state index contributed by atoms with van der Waals surface area (Å²) in [6, 6.07) is 32.6. The van der Waals surface area contributed by atoms with Crippen LogP contribution in [0.3, 0.4) is 0 Å². The van der Waals surface area contributed by atoms with Crippen LogP contribution in [0.4, 0.5) is 0 Å². The molecule has 0 N–H and O–H groups in total. The Kier molecular flexibility index (Phi) is 5.23. The molecule has 0 fully saturated rings. The quantitative estimate of drug-likeness (QED) is 0.203. The molecule has 3 aromatic heterocycles. The van der Waals surface area contributed by atoms with E-state index >= 15 is 0 Å². The van der Waals surface area contributed by atoms with Gasteiger partial charge in [0.15, 0.2) is 0 Å². The number of para-hydroxylation sites is 4. The van der Waals surface area contributed by atoms with Gasteiger partial charge in [0, 0.05) is 48.7 Å². The molecule has 0 aliphatic heterocycles. The summed E-state index contributed by atoms with van der Waals surface area (Å²) in [5, 5.41) is 3.72. The van der Waals surface area contributed by atoms with E-state index in [0.29, 0.717) is 0 Å². The normalized spacial score (nSPS) is 13.1. The first-order valence-electron chi connectivity index (χ1n) is 13.8. The summed E-state index contributed by atoms with van der Waals surface area (Å²) in [6.45, 7) is 4.31. The first kappa shape index (κ1) is 23.6. The van der Waals surface area contributed by atoms with Gasteiger partial charge in [-0.25, -0.2) is 0 Å². The Morgan fingerprint density at radius 2 is 1.48 bits per heavy atom. The molecule has 0 saturated heterocycles. The van der Waals surface area contributed by atoms with Crippen molar-refractivity contribution in [1.82, 2.24) is 9.13 Å². The second-order valence-electron chi connectivity index (χ2n) is 10.6. The zero-order valence-corrected chi connectivity index (χ0v) is 24.0. The predicted molar refractivity (Wildman–Crippen MR) is 170 cm³/mol. The molecule has 0 bridgehead atoms. The van der Waals surface area contributed by atoms with Crippen molar-refractivity contribution in [3.63, 3.8) is 0 Å². The number of furan rings is 1. The Labute approximate surface area is 241 Å². The fourth-order valence-electron chi connectivity index (χ4n) is 6.79. The van der Waals surface area contributed by atoms with E-state index in [9.17, 15) is 0 Å². The van der Waals surface area contributed by atoms with E-state index < -0.39 is 0 Å². The van der Waals surface area contributed by atoms with Crippen LogP contribution in [0.25, 0.3) is 61.5 Å². The maximum Gasteiger partial charge on any atom is 0.141 e. The number of halogens is 1. The summed E-state index contributed by atoms with van der Waals surface area (Å²) in [5.74, 6) is 1.02. The molecule has 0 saturated carbocycles. The number of benzene rings is 4. The molecule has 3 nitrogen and oxygen atoms in total. The van der Waals surface area contributed by atoms with Gasteiger partial charge in [-0.1, -0.05) is 82.7 Å². The van der Waals surface area contributed by atoms with E-state index in [4.69, 9.17) is 4.42 Å².